The van der Waals surface area contributed by atoms with E-state index in [2.05, 4.69) is 0 Å². The molecule has 0 aliphatic rings. The summed E-state index contributed by atoms with van der Waals surface area (Å²) < 4.78 is 10.6. The maximum atomic E-state index is 11.5. The lowest BCUT2D eigenvalue weighted by Gasteiger charge is -2.13. The number of nitrogens with zero attached hydrogens (tertiary/aromatic N) is 1. The van der Waals surface area contributed by atoms with Crippen molar-refractivity contribution in [3.63, 3.8) is 0 Å². The highest BCUT2D eigenvalue weighted by Gasteiger charge is 2.07. The zero-order valence-electron chi connectivity index (χ0n) is 10.9. The molecule has 1 aromatic heterocycles. The van der Waals surface area contributed by atoms with Gasteiger partial charge >= 0.3 is 5.63 Å². The lowest BCUT2D eigenvalue weighted by molar-refractivity contribution is 0.134. The Hall–Kier alpha value is -1.81. The van der Waals surface area contributed by atoms with Crippen molar-refractivity contribution in [2.75, 3.05) is 25.6 Å². The zero-order chi connectivity index (χ0) is 13.1. The Morgan fingerprint density at radius 1 is 1.28 bits per heavy atom. The van der Waals surface area contributed by atoms with Gasteiger partial charge in [0.2, 0.25) is 0 Å². The summed E-state index contributed by atoms with van der Waals surface area (Å²) in [6, 6.07) is 7.32. The quantitative estimate of drug-likeness (QED) is 0.778. The number of rotatable bonds is 4. The molecule has 0 bridgehead atoms. The average Bonchev–Trinajstić information content (AvgIpc) is 2.34. The van der Waals surface area contributed by atoms with Crippen molar-refractivity contribution in [2.24, 2.45) is 0 Å². The van der Waals surface area contributed by atoms with Crippen LogP contribution in [0.1, 0.15) is 12.5 Å². The standard InChI is InChI=1S/C14H17NO3/c1-4-17-9-10-7-14(16)18-13-8-11(15(2)3)5-6-12(10)13/h5-8H,4,9H2,1-3H3. The molecular formula is C14H17NO3. The van der Waals surface area contributed by atoms with Crippen LogP contribution in [0.15, 0.2) is 33.5 Å². The topological polar surface area (TPSA) is 42.7 Å². The second-order valence-electron chi connectivity index (χ2n) is 4.30. The minimum Gasteiger partial charge on any atom is -0.423 e. The number of anilines is 1. The number of ether oxygens (including phenoxy) is 1. The van der Waals surface area contributed by atoms with Gasteiger partial charge in [0.15, 0.2) is 0 Å². The largest absolute Gasteiger partial charge is 0.423 e. The highest BCUT2D eigenvalue weighted by atomic mass is 16.5. The Balaban J connectivity index is 2.55. The van der Waals surface area contributed by atoms with Gasteiger partial charge < -0.3 is 14.1 Å². The SMILES string of the molecule is CCOCc1cc(=O)oc2cc(N(C)C)ccc12. The first kappa shape index (κ1) is 12.6. The Kier molecular flexibility index (Phi) is 3.67. The van der Waals surface area contributed by atoms with E-state index in [1.807, 2.05) is 44.1 Å². The highest BCUT2D eigenvalue weighted by molar-refractivity contribution is 5.83. The van der Waals surface area contributed by atoms with Crippen LogP contribution in [0, 0.1) is 0 Å². The van der Waals surface area contributed by atoms with E-state index in [4.69, 9.17) is 9.15 Å². The Morgan fingerprint density at radius 2 is 2.06 bits per heavy atom. The van der Waals surface area contributed by atoms with Gasteiger partial charge in [-0.2, -0.15) is 0 Å². The first-order valence-electron chi connectivity index (χ1n) is 5.93. The van der Waals surface area contributed by atoms with E-state index in [0.29, 0.717) is 18.8 Å². The summed E-state index contributed by atoms with van der Waals surface area (Å²) in [5.74, 6) is 0. The van der Waals surface area contributed by atoms with Gasteiger partial charge in [-0.25, -0.2) is 4.79 Å². The van der Waals surface area contributed by atoms with Gasteiger partial charge in [0, 0.05) is 43.9 Å². The van der Waals surface area contributed by atoms with Crippen molar-refractivity contribution < 1.29 is 9.15 Å². The maximum Gasteiger partial charge on any atom is 0.336 e. The average molecular weight is 247 g/mol. The van der Waals surface area contributed by atoms with Crippen molar-refractivity contribution in [1.82, 2.24) is 0 Å². The molecular weight excluding hydrogens is 230 g/mol. The molecule has 96 valence electrons. The third-order valence-electron chi connectivity index (χ3n) is 2.79. The molecule has 0 spiro atoms. The Bertz CT molecular complexity index is 602. The molecule has 0 fully saturated rings. The number of fused-ring (bicyclic) bond motifs is 1. The van der Waals surface area contributed by atoms with Crippen LogP contribution < -0.4 is 10.5 Å². The first-order chi connectivity index (χ1) is 8.61. The van der Waals surface area contributed by atoms with Crippen molar-refractivity contribution in [2.45, 2.75) is 13.5 Å². The van der Waals surface area contributed by atoms with E-state index in [1.54, 1.807) is 0 Å². The molecule has 0 radical (unpaired) electrons. The van der Waals surface area contributed by atoms with E-state index in [-0.39, 0.29) is 5.63 Å². The Labute approximate surface area is 106 Å². The van der Waals surface area contributed by atoms with Crippen LogP contribution in [0.2, 0.25) is 0 Å². The van der Waals surface area contributed by atoms with E-state index in [0.717, 1.165) is 16.6 Å². The van der Waals surface area contributed by atoms with Crippen LogP contribution >= 0.6 is 0 Å². The van der Waals surface area contributed by atoms with E-state index >= 15 is 0 Å². The first-order valence-corrected chi connectivity index (χ1v) is 5.93. The summed E-state index contributed by atoms with van der Waals surface area (Å²) in [5.41, 5.74) is 2.13. The summed E-state index contributed by atoms with van der Waals surface area (Å²) in [6.45, 7) is 2.98. The number of hydrogen-bond donors (Lipinski definition) is 0. The van der Waals surface area contributed by atoms with Gasteiger partial charge in [-0.3, -0.25) is 0 Å². The highest BCUT2D eigenvalue weighted by Crippen LogP contribution is 2.23. The lowest BCUT2D eigenvalue weighted by Crippen LogP contribution is -2.09. The van der Waals surface area contributed by atoms with Crippen molar-refractivity contribution in [3.05, 3.63) is 40.2 Å². The fraction of sp³-hybridized carbons (Fsp3) is 0.357. The molecule has 1 aromatic carbocycles. The van der Waals surface area contributed by atoms with E-state index in [9.17, 15) is 4.79 Å². The lowest BCUT2D eigenvalue weighted by atomic mass is 10.1. The predicted octanol–water partition coefficient (Wildman–Crippen LogP) is 2.40. The molecule has 2 aromatic rings. The fourth-order valence-corrected chi connectivity index (χ4v) is 1.83. The normalized spacial score (nSPS) is 10.8. The molecule has 2 rings (SSSR count). The van der Waals surface area contributed by atoms with Crippen LogP contribution in [0.3, 0.4) is 0 Å². The molecule has 0 unspecified atom stereocenters. The van der Waals surface area contributed by atoms with Gasteiger partial charge in [-0.15, -0.1) is 0 Å². The van der Waals surface area contributed by atoms with Crippen LogP contribution in [-0.4, -0.2) is 20.7 Å². The van der Waals surface area contributed by atoms with Crippen molar-refractivity contribution in [3.8, 4) is 0 Å². The van der Waals surface area contributed by atoms with Crippen LogP contribution in [0.4, 0.5) is 5.69 Å². The smallest absolute Gasteiger partial charge is 0.336 e. The molecule has 0 atom stereocenters. The summed E-state index contributed by atoms with van der Waals surface area (Å²) in [5, 5.41) is 0.925. The van der Waals surface area contributed by atoms with Crippen molar-refractivity contribution in [1.29, 1.82) is 0 Å². The maximum absolute atomic E-state index is 11.5. The fourth-order valence-electron chi connectivity index (χ4n) is 1.83. The van der Waals surface area contributed by atoms with E-state index < -0.39 is 0 Å². The van der Waals surface area contributed by atoms with Crippen LogP contribution in [0.5, 0.6) is 0 Å². The summed E-state index contributed by atoms with van der Waals surface area (Å²) in [4.78, 5) is 13.5. The zero-order valence-corrected chi connectivity index (χ0v) is 10.9. The second-order valence-corrected chi connectivity index (χ2v) is 4.30. The monoisotopic (exact) mass is 247 g/mol. The summed E-state index contributed by atoms with van der Waals surface area (Å²) in [7, 11) is 3.90. The molecule has 4 heteroatoms. The van der Waals surface area contributed by atoms with Crippen LogP contribution in [0.25, 0.3) is 11.0 Å². The molecule has 0 N–H and O–H groups in total. The van der Waals surface area contributed by atoms with Gasteiger partial charge in [-0.1, -0.05) is 0 Å². The third kappa shape index (κ3) is 2.54. The van der Waals surface area contributed by atoms with Gasteiger partial charge in [-0.05, 0) is 24.6 Å². The molecule has 4 nitrogen and oxygen atoms in total. The number of hydrogen-bond acceptors (Lipinski definition) is 4. The molecule has 0 amide bonds. The summed E-state index contributed by atoms with van der Waals surface area (Å²) in [6.07, 6.45) is 0. The van der Waals surface area contributed by atoms with Crippen molar-refractivity contribution >= 4 is 16.7 Å². The van der Waals surface area contributed by atoms with E-state index in [1.165, 1.54) is 6.07 Å². The third-order valence-corrected chi connectivity index (χ3v) is 2.79. The number of benzene rings is 1. The van der Waals surface area contributed by atoms with Gasteiger partial charge in [0.1, 0.15) is 5.58 Å². The minimum absolute atomic E-state index is 0.340. The Morgan fingerprint density at radius 3 is 2.72 bits per heavy atom. The van der Waals surface area contributed by atoms with Gasteiger partial charge in [0.05, 0.1) is 6.61 Å². The molecule has 18 heavy (non-hydrogen) atoms. The molecule has 0 saturated heterocycles. The molecule has 0 saturated carbocycles. The van der Waals surface area contributed by atoms with Gasteiger partial charge in [0.25, 0.3) is 0 Å². The van der Waals surface area contributed by atoms with Crippen LogP contribution in [-0.2, 0) is 11.3 Å². The minimum atomic E-state index is -0.340. The predicted molar refractivity (Wildman–Crippen MR) is 72.1 cm³/mol. The molecule has 0 aliphatic carbocycles. The molecule has 0 aliphatic heterocycles. The second kappa shape index (κ2) is 5.23. The molecule has 1 heterocycles. The summed E-state index contributed by atoms with van der Waals surface area (Å²) >= 11 is 0.